The second kappa shape index (κ2) is 6.51. The van der Waals surface area contributed by atoms with Gasteiger partial charge in [0.05, 0.1) is 4.90 Å². The van der Waals surface area contributed by atoms with Crippen molar-refractivity contribution in [1.82, 2.24) is 0 Å². The highest BCUT2D eigenvalue weighted by Gasteiger charge is 2.26. The minimum Gasteiger partial charge on any atom is -0.479 e. The van der Waals surface area contributed by atoms with Crippen LogP contribution < -0.4 is 0 Å². The first kappa shape index (κ1) is 14.7. The molecule has 100 valence electrons. The third-order valence-electron chi connectivity index (χ3n) is 2.37. The second-order valence-corrected chi connectivity index (χ2v) is 5.40. The Labute approximate surface area is 107 Å². The van der Waals surface area contributed by atoms with Crippen molar-refractivity contribution >= 4 is 16.1 Å². The Morgan fingerprint density at radius 1 is 1.33 bits per heavy atom. The lowest BCUT2D eigenvalue weighted by molar-refractivity contribution is -0.145. The molecule has 0 saturated carbocycles. The third kappa shape index (κ3) is 4.12. The summed E-state index contributed by atoms with van der Waals surface area (Å²) in [7, 11) is -4.02. The largest absolute Gasteiger partial charge is 0.479 e. The molecular weight excluding hydrogens is 256 g/mol. The van der Waals surface area contributed by atoms with Crippen LogP contribution in [0, 0.1) is 0 Å². The van der Waals surface area contributed by atoms with Gasteiger partial charge in [-0.05, 0) is 18.6 Å². The normalized spacial score (nSPS) is 13.2. The number of rotatable bonds is 7. The Morgan fingerprint density at radius 2 is 1.94 bits per heavy atom. The van der Waals surface area contributed by atoms with Gasteiger partial charge in [0, 0.05) is 0 Å². The van der Waals surface area contributed by atoms with Crippen molar-refractivity contribution in [3.05, 3.63) is 30.3 Å². The zero-order chi connectivity index (χ0) is 13.6. The summed E-state index contributed by atoms with van der Waals surface area (Å²) in [6, 6.07) is 7.52. The topological polar surface area (TPSA) is 80.7 Å². The first-order valence-electron chi connectivity index (χ1n) is 5.68. The van der Waals surface area contributed by atoms with Crippen molar-refractivity contribution in [1.29, 1.82) is 0 Å². The molecule has 0 aromatic heterocycles. The first-order valence-corrected chi connectivity index (χ1v) is 7.09. The van der Waals surface area contributed by atoms with E-state index in [-0.39, 0.29) is 11.3 Å². The summed E-state index contributed by atoms with van der Waals surface area (Å²) in [4.78, 5) is 10.9. The number of carbonyl (C=O) groups is 1. The van der Waals surface area contributed by atoms with Gasteiger partial charge < -0.3 is 5.11 Å². The van der Waals surface area contributed by atoms with Gasteiger partial charge in [-0.2, -0.15) is 8.42 Å². The van der Waals surface area contributed by atoms with Crippen LogP contribution in [0.3, 0.4) is 0 Å². The predicted octanol–water partition coefficient (Wildman–Crippen LogP) is 2.04. The van der Waals surface area contributed by atoms with Crippen LogP contribution in [0.2, 0.25) is 0 Å². The quantitative estimate of drug-likeness (QED) is 0.768. The summed E-state index contributed by atoms with van der Waals surface area (Å²) in [6.45, 7) is 1.89. The second-order valence-electron chi connectivity index (χ2n) is 3.83. The molecule has 0 aliphatic rings. The highest BCUT2D eigenvalue weighted by atomic mass is 32.2. The van der Waals surface area contributed by atoms with E-state index in [2.05, 4.69) is 0 Å². The van der Waals surface area contributed by atoms with Gasteiger partial charge in [0.25, 0.3) is 10.1 Å². The molecule has 0 fully saturated rings. The molecule has 1 unspecified atom stereocenters. The van der Waals surface area contributed by atoms with Gasteiger partial charge in [-0.1, -0.05) is 38.0 Å². The molecule has 18 heavy (non-hydrogen) atoms. The van der Waals surface area contributed by atoms with E-state index in [4.69, 9.17) is 9.29 Å². The maximum absolute atomic E-state index is 11.8. The van der Waals surface area contributed by atoms with Crippen molar-refractivity contribution in [2.75, 3.05) is 0 Å². The fourth-order valence-electron chi connectivity index (χ4n) is 1.40. The Bertz CT molecular complexity index is 480. The van der Waals surface area contributed by atoms with E-state index < -0.39 is 22.2 Å². The summed E-state index contributed by atoms with van der Waals surface area (Å²) in [6.07, 6.45) is 0.229. The highest BCUT2D eigenvalue weighted by molar-refractivity contribution is 7.86. The predicted molar refractivity (Wildman–Crippen MR) is 65.7 cm³/mol. The Balaban J connectivity index is 2.83. The van der Waals surface area contributed by atoms with Gasteiger partial charge in [0.15, 0.2) is 6.10 Å². The smallest absolute Gasteiger partial charge is 0.334 e. The molecule has 5 nitrogen and oxygen atoms in total. The molecule has 0 aliphatic carbocycles. The minimum atomic E-state index is -4.02. The summed E-state index contributed by atoms with van der Waals surface area (Å²) >= 11 is 0. The van der Waals surface area contributed by atoms with Gasteiger partial charge in [-0.25, -0.2) is 4.79 Å². The van der Waals surface area contributed by atoms with Crippen molar-refractivity contribution in [2.45, 2.75) is 37.2 Å². The van der Waals surface area contributed by atoms with Crippen molar-refractivity contribution in [3.63, 3.8) is 0 Å². The molecule has 6 heteroatoms. The van der Waals surface area contributed by atoms with E-state index in [1.54, 1.807) is 18.2 Å². The van der Waals surface area contributed by atoms with E-state index >= 15 is 0 Å². The molecule has 0 saturated heterocycles. The molecule has 0 radical (unpaired) electrons. The highest BCUT2D eigenvalue weighted by Crippen LogP contribution is 2.16. The van der Waals surface area contributed by atoms with E-state index in [0.717, 1.165) is 6.42 Å². The van der Waals surface area contributed by atoms with Crippen LogP contribution in [0.4, 0.5) is 0 Å². The zero-order valence-electron chi connectivity index (χ0n) is 10.1. The minimum absolute atomic E-state index is 0.0345. The van der Waals surface area contributed by atoms with E-state index in [1.165, 1.54) is 12.1 Å². The van der Waals surface area contributed by atoms with Crippen LogP contribution in [0.25, 0.3) is 0 Å². The Morgan fingerprint density at radius 3 is 2.44 bits per heavy atom. The molecule has 0 spiro atoms. The molecule has 1 atom stereocenters. The molecular formula is C12H16O5S. The number of carboxylic acid groups (broad SMARTS) is 1. The molecule has 0 bridgehead atoms. The molecule has 0 amide bonds. The third-order valence-corrected chi connectivity index (χ3v) is 3.71. The summed E-state index contributed by atoms with van der Waals surface area (Å²) in [5.41, 5.74) is 0. The van der Waals surface area contributed by atoms with Gasteiger partial charge in [-0.3, -0.25) is 4.18 Å². The standard InChI is InChI=1S/C12H16O5S/c1-2-3-9-11(12(13)14)17-18(15,16)10-7-5-4-6-8-10/h4-8,11H,2-3,9H2,1H3,(H,13,14). The Hall–Kier alpha value is -1.40. The number of aliphatic carboxylic acids is 1. The van der Waals surface area contributed by atoms with Gasteiger partial charge in [0.2, 0.25) is 0 Å². The molecule has 1 N–H and O–H groups in total. The van der Waals surface area contributed by atoms with Gasteiger partial charge >= 0.3 is 5.97 Å². The summed E-state index contributed by atoms with van der Waals surface area (Å²) in [5, 5.41) is 8.92. The van der Waals surface area contributed by atoms with Crippen molar-refractivity contribution < 1.29 is 22.5 Å². The molecule has 1 aromatic carbocycles. The SMILES string of the molecule is CCCCC(OS(=O)(=O)c1ccccc1)C(=O)O. The number of unbranched alkanes of at least 4 members (excludes halogenated alkanes) is 1. The van der Waals surface area contributed by atoms with E-state index in [1.807, 2.05) is 6.92 Å². The molecule has 0 aliphatic heterocycles. The first-order chi connectivity index (χ1) is 8.47. The van der Waals surface area contributed by atoms with Crippen molar-refractivity contribution in [3.8, 4) is 0 Å². The lowest BCUT2D eigenvalue weighted by Crippen LogP contribution is -2.27. The van der Waals surface area contributed by atoms with E-state index in [0.29, 0.717) is 6.42 Å². The maximum Gasteiger partial charge on any atom is 0.334 e. The van der Waals surface area contributed by atoms with Crippen LogP contribution in [0.15, 0.2) is 35.2 Å². The van der Waals surface area contributed by atoms with Crippen LogP contribution in [0.1, 0.15) is 26.2 Å². The summed E-state index contributed by atoms with van der Waals surface area (Å²) in [5.74, 6) is -1.26. The lowest BCUT2D eigenvalue weighted by Gasteiger charge is -2.13. The summed E-state index contributed by atoms with van der Waals surface area (Å²) < 4.78 is 28.4. The van der Waals surface area contributed by atoms with Crippen LogP contribution in [-0.2, 0) is 19.1 Å². The number of carboxylic acids is 1. The fraction of sp³-hybridized carbons (Fsp3) is 0.417. The van der Waals surface area contributed by atoms with Crippen LogP contribution in [-0.4, -0.2) is 25.6 Å². The van der Waals surface area contributed by atoms with Gasteiger partial charge in [0.1, 0.15) is 0 Å². The van der Waals surface area contributed by atoms with Crippen LogP contribution in [0.5, 0.6) is 0 Å². The maximum atomic E-state index is 11.8. The average Bonchev–Trinajstić information content (AvgIpc) is 2.35. The lowest BCUT2D eigenvalue weighted by atomic mass is 10.2. The van der Waals surface area contributed by atoms with Crippen LogP contribution >= 0.6 is 0 Å². The average molecular weight is 272 g/mol. The van der Waals surface area contributed by atoms with Crippen molar-refractivity contribution in [2.24, 2.45) is 0 Å². The number of hydrogen-bond acceptors (Lipinski definition) is 4. The molecule has 0 heterocycles. The molecule has 1 rings (SSSR count). The monoisotopic (exact) mass is 272 g/mol. The zero-order valence-corrected chi connectivity index (χ0v) is 10.9. The van der Waals surface area contributed by atoms with E-state index in [9.17, 15) is 13.2 Å². The Kier molecular flexibility index (Phi) is 5.30. The van der Waals surface area contributed by atoms with Gasteiger partial charge in [-0.15, -0.1) is 0 Å². The number of hydrogen-bond donors (Lipinski definition) is 1. The fourth-order valence-corrected chi connectivity index (χ4v) is 2.48. The number of benzene rings is 1. The molecule has 1 aromatic rings.